The van der Waals surface area contributed by atoms with E-state index in [0.717, 1.165) is 38.5 Å². The summed E-state index contributed by atoms with van der Waals surface area (Å²) in [6, 6.07) is 0. The van der Waals surface area contributed by atoms with Crippen molar-refractivity contribution in [1.82, 2.24) is 0 Å². The molecule has 1 N–H and O–H groups in total. The van der Waals surface area contributed by atoms with Crippen LogP contribution in [0.1, 0.15) is 309 Å². The Morgan fingerprint density at radius 2 is 0.645 bits per heavy atom. The van der Waals surface area contributed by atoms with Crippen molar-refractivity contribution >= 4 is 11.9 Å². The summed E-state index contributed by atoms with van der Waals surface area (Å²) in [4.78, 5) is 24.5. The molecule has 0 aromatic heterocycles. The molecule has 0 spiro atoms. The predicted molar refractivity (Wildman–Crippen MR) is 270 cm³/mol. The lowest BCUT2D eigenvalue weighted by Gasteiger charge is -2.15. The number of hydrogen-bond acceptors (Lipinski definition) is 5. The third-order valence-corrected chi connectivity index (χ3v) is 12.7. The lowest BCUT2D eigenvalue weighted by Crippen LogP contribution is -2.28. The largest absolute Gasteiger partial charge is 0.462 e. The van der Waals surface area contributed by atoms with Crippen molar-refractivity contribution in [1.29, 1.82) is 0 Å². The zero-order valence-corrected chi connectivity index (χ0v) is 41.9. The quantitative estimate of drug-likeness (QED) is 0.0374. The highest BCUT2D eigenvalue weighted by atomic mass is 16.6. The molecular formula is C57H108O5. The second kappa shape index (κ2) is 53.7. The lowest BCUT2D eigenvalue weighted by molar-refractivity contribution is -0.161. The Balaban J connectivity index is 3.42. The highest BCUT2D eigenvalue weighted by molar-refractivity contribution is 5.70. The summed E-state index contributed by atoms with van der Waals surface area (Å²) in [5, 5.41) is 9.64. The Morgan fingerprint density at radius 1 is 0.371 bits per heavy atom. The molecule has 0 aliphatic carbocycles. The first kappa shape index (κ1) is 60.4. The lowest BCUT2D eigenvalue weighted by atomic mass is 10.0. The van der Waals surface area contributed by atoms with Gasteiger partial charge < -0.3 is 14.6 Å². The van der Waals surface area contributed by atoms with E-state index in [9.17, 15) is 14.7 Å². The first-order valence-corrected chi connectivity index (χ1v) is 27.9. The summed E-state index contributed by atoms with van der Waals surface area (Å²) in [5.74, 6) is -0.570. The molecule has 0 radical (unpaired) electrons. The second-order valence-electron chi connectivity index (χ2n) is 19.0. The minimum Gasteiger partial charge on any atom is -0.462 e. The molecular weight excluding hydrogens is 765 g/mol. The average molecular weight is 873 g/mol. The summed E-state index contributed by atoms with van der Waals surface area (Å²) < 4.78 is 10.7. The van der Waals surface area contributed by atoms with E-state index in [2.05, 4.69) is 38.2 Å². The van der Waals surface area contributed by atoms with Crippen LogP contribution in [0.4, 0.5) is 0 Å². The number of ether oxygens (including phenoxy) is 2. The molecule has 0 aromatic carbocycles. The highest BCUT2D eigenvalue weighted by Gasteiger charge is 2.16. The van der Waals surface area contributed by atoms with Crippen LogP contribution in [0.3, 0.4) is 0 Å². The summed E-state index contributed by atoms with van der Waals surface area (Å²) in [5.41, 5.74) is 0. The van der Waals surface area contributed by atoms with E-state index >= 15 is 0 Å². The third kappa shape index (κ3) is 51.0. The van der Waals surface area contributed by atoms with E-state index in [1.807, 2.05) is 0 Å². The maximum absolute atomic E-state index is 12.3. The maximum Gasteiger partial charge on any atom is 0.306 e. The summed E-state index contributed by atoms with van der Waals surface area (Å²) >= 11 is 0. The minimum absolute atomic E-state index is 0.0588. The average Bonchev–Trinajstić information content (AvgIpc) is 3.28. The second-order valence-corrected chi connectivity index (χ2v) is 19.0. The van der Waals surface area contributed by atoms with Gasteiger partial charge in [0.05, 0.1) is 6.61 Å². The Kier molecular flexibility index (Phi) is 52.3. The Bertz CT molecular complexity index is 943. The van der Waals surface area contributed by atoms with E-state index in [1.54, 1.807) is 0 Å². The zero-order chi connectivity index (χ0) is 44.9. The molecule has 0 bridgehead atoms. The van der Waals surface area contributed by atoms with E-state index in [4.69, 9.17) is 9.47 Å². The predicted octanol–water partition coefficient (Wildman–Crippen LogP) is 18.5. The van der Waals surface area contributed by atoms with Crippen molar-refractivity contribution in [3.05, 3.63) is 24.3 Å². The van der Waals surface area contributed by atoms with Crippen molar-refractivity contribution in [3.8, 4) is 0 Å². The van der Waals surface area contributed by atoms with E-state index in [0.29, 0.717) is 12.8 Å². The van der Waals surface area contributed by atoms with Gasteiger partial charge in [0, 0.05) is 12.8 Å². The molecule has 5 nitrogen and oxygen atoms in total. The smallest absolute Gasteiger partial charge is 0.306 e. The zero-order valence-electron chi connectivity index (χ0n) is 41.9. The number of carbonyl (C=O) groups is 2. The molecule has 0 saturated heterocycles. The number of allylic oxidation sites excluding steroid dienone is 4. The molecule has 5 heteroatoms. The molecule has 0 saturated carbocycles. The maximum atomic E-state index is 12.3. The van der Waals surface area contributed by atoms with Crippen molar-refractivity contribution in [2.24, 2.45) is 0 Å². The van der Waals surface area contributed by atoms with Crippen molar-refractivity contribution in [2.75, 3.05) is 13.2 Å². The van der Waals surface area contributed by atoms with Gasteiger partial charge >= 0.3 is 11.9 Å². The number of carbonyl (C=O) groups excluding carboxylic acids is 2. The number of esters is 2. The van der Waals surface area contributed by atoms with Gasteiger partial charge in [0.2, 0.25) is 0 Å². The van der Waals surface area contributed by atoms with E-state index in [1.165, 1.54) is 244 Å². The van der Waals surface area contributed by atoms with Crippen LogP contribution in [0, 0.1) is 0 Å². The first-order chi connectivity index (χ1) is 30.6. The monoisotopic (exact) mass is 873 g/mol. The fourth-order valence-corrected chi connectivity index (χ4v) is 8.53. The number of unbranched alkanes of at least 4 members (excludes halogenated alkanes) is 40. The van der Waals surface area contributed by atoms with Crippen LogP contribution in [-0.2, 0) is 19.1 Å². The van der Waals surface area contributed by atoms with Crippen molar-refractivity contribution in [3.63, 3.8) is 0 Å². The summed E-state index contributed by atoms with van der Waals surface area (Å²) in [6.07, 6.45) is 67.2. The number of hydrogen-bond donors (Lipinski definition) is 1. The van der Waals surface area contributed by atoms with E-state index in [-0.39, 0.29) is 25.2 Å². The molecule has 62 heavy (non-hydrogen) atoms. The van der Waals surface area contributed by atoms with Crippen LogP contribution in [0.5, 0.6) is 0 Å². The molecule has 1 unspecified atom stereocenters. The molecule has 366 valence electrons. The number of aliphatic hydroxyl groups is 1. The van der Waals surface area contributed by atoms with Gasteiger partial charge in [0.1, 0.15) is 6.61 Å². The van der Waals surface area contributed by atoms with Gasteiger partial charge in [-0.3, -0.25) is 9.59 Å². The van der Waals surface area contributed by atoms with Gasteiger partial charge in [0.15, 0.2) is 6.10 Å². The van der Waals surface area contributed by atoms with Crippen LogP contribution in [0.2, 0.25) is 0 Å². The molecule has 1 atom stereocenters. The fraction of sp³-hybridized carbons (Fsp3) is 0.895. The van der Waals surface area contributed by atoms with Crippen LogP contribution < -0.4 is 0 Å². The van der Waals surface area contributed by atoms with Crippen LogP contribution in [0.25, 0.3) is 0 Å². The molecule has 0 rings (SSSR count). The number of rotatable bonds is 52. The van der Waals surface area contributed by atoms with Gasteiger partial charge in [-0.05, 0) is 44.9 Å². The van der Waals surface area contributed by atoms with Crippen LogP contribution >= 0.6 is 0 Å². The third-order valence-electron chi connectivity index (χ3n) is 12.7. The Morgan fingerprint density at radius 3 is 0.952 bits per heavy atom. The number of aliphatic hydroxyl groups excluding tert-OH is 1. The van der Waals surface area contributed by atoms with Gasteiger partial charge in [0.25, 0.3) is 0 Å². The molecule has 0 heterocycles. The van der Waals surface area contributed by atoms with Crippen LogP contribution in [0.15, 0.2) is 24.3 Å². The van der Waals surface area contributed by atoms with E-state index < -0.39 is 6.10 Å². The molecule has 0 aliphatic rings. The Labute approximate surface area is 387 Å². The molecule has 0 aromatic rings. The normalized spacial score (nSPS) is 12.2. The fourth-order valence-electron chi connectivity index (χ4n) is 8.53. The topological polar surface area (TPSA) is 72.8 Å². The van der Waals surface area contributed by atoms with Gasteiger partial charge in [-0.1, -0.05) is 276 Å². The highest BCUT2D eigenvalue weighted by Crippen LogP contribution is 2.17. The molecule has 0 amide bonds. The molecule has 0 fully saturated rings. The summed E-state index contributed by atoms with van der Waals surface area (Å²) in [7, 11) is 0. The van der Waals surface area contributed by atoms with Crippen molar-refractivity contribution in [2.45, 2.75) is 315 Å². The van der Waals surface area contributed by atoms with Gasteiger partial charge in [-0.2, -0.15) is 0 Å². The Hall–Kier alpha value is -1.62. The standard InChI is InChI=1S/C57H108O5/c1-3-5-7-9-11-13-15-17-19-21-23-24-25-26-27-28-29-30-31-32-34-36-38-40-42-44-46-48-50-52-57(60)62-55(53-58)54-61-56(59)51-49-47-45-43-41-39-37-35-33-22-20-18-16-14-12-10-8-6-4-2/h15,17,21,23,55,58H,3-14,16,18-20,22,24-54H2,1-2H3/b17-15-,23-21-. The van der Waals surface area contributed by atoms with Gasteiger partial charge in [-0.15, -0.1) is 0 Å². The molecule has 0 aliphatic heterocycles. The van der Waals surface area contributed by atoms with Crippen LogP contribution in [-0.4, -0.2) is 36.4 Å². The SMILES string of the molecule is CCCCCCC/C=C\C/C=C\CCCCCCCCCCCCCCCCCCCC(=O)OC(CO)COC(=O)CCCCCCCCCCCCCCCCCCCCC. The first-order valence-electron chi connectivity index (χ1n) is 27.9. The minimum atomic E-state index is -0.767. The van der Waals surface area contributed by atoms with Gasteiger partial charge in [-0.25, -0.2) is 0 Å². The van der Waals surface area contributed by atoms with Crippen molar-refractivity contribution < 1.29 is 24.2 Å². The summed E-state index contributed by atoms with van der Waals surface area (Å²) in [6.45, 7) is 4.18.